The number of ether oxygens (including phenoxy) is 1. The van der Waals surface area contributed by atoms with Crippen LogP contribution in [-0.4, -0.2) is 13.7 Å². The molecule has 0 bridgehead atoms. The van der Waals surface area contributed by atoms with Gasteiger partial charge in [0.25, 0.3) is 0 Å². The number of methoxy groups -OCH3 is 1. The van der Waals surface area contributed by atoms with E-state index >= 15 is 0 Å². The number of benzene rings is 1. The van der Waals surface area contributed by atoms with Crippen LogP contribution in [0, 0.1) is 5.92 Å². The summed E-state index contributed by atoms with van der Waals surface area (Å²) in [5, 5.41) is 2.94. The van der Waals surface area contributed by atoms with Crippen LogP contribution < -0.4 is 10.1 Å². The van der Waals surface area contributed by atoms with Gasteiger partial charge in [0.15, 0.2) is 0 Å². The predicted molar refractivity (Wildman–Crippen MR) is 77.7 cm³/mol. The van der Waals surface area contributed by atoms with Gasteiger partial charge in [0.05, 0.1) is 12.7 Å². The molecular formula is C16H22F3NO. The van der Waals surface area contributed by atoms with Crippen molar-refractivity contribution in [3.8, 4) is 5.75 Å². The average Bonchev–Trinajstić information content (AvgIpc) is 2.47. The zero-order valence-corrected chi connectivity index (χ0v) is 12.3. The molecule has 1 saturated carbocycles. The Bertz CT molecular complexity index is 453. The predicted octanol–water partition coefficient (Wildman–Crippen LogP) is 5.10. The molecule has 0 atom stereocenters. The second-order valence-electron chi connectivity index (χ2n) is 5.63. The Hall–Kier alpha value is -1.39. The topological polar surface area (TPSA) is 21.3 Å². The lowest BCUT2D eigenvalue weighted by molar-refractivity contribution is -0.137. The highest BCUT2D eigenvalue weighted by atomic mass is 19.4. The molecule has 1 aromatic carbocycles. The first kappa shape index (κ1) is 16.0. The Morgan fingerprint density at radius 1 is 1.19 bits per heavy atom. The molecule has 5 heteroatoms. The summed E-state index contributed by atoms with van der Waals surface area (Å²) in [5.41, 5.74) is -0.524. The Balaban J connectivity index is 1.98. The normalized spacial score (nSPS) is 16.8. The van der Waals surface area contributed by atoms with Crippen LogP contribution in [-0.2, 0) is 6.18 Å². The monoisotopic (exact) mass is 301 g/mol. The van der Waals surface area contributed by atoms with Crippen LogP contribution in [0.3, 0.4) is 0 Å². The molecule has 1 fully saturated rings. The average molecular weight is 301 g/mol. The smallest absolute Gasteiger partial charge is 0.418 e. The first-order valence-corrected chi connectivity index (χ1v) is 7.50. The van der Waals surface area contributed by atoms with Crippen molar-refractivity contribution < 1.29 is 17.9 Å². The largest absolute Gasteiger partial charge is 0.497 e. The molecule has 0 aliphatic heterocycles. The number of anilines is 1. The maximum atomic E-state index is 13.1. The van der Waals surface area contributed by atoms with E-state index in [4.69, 9.17) is 4.74 Å². The molecular weight excluding hydrogens is 279 g/mol. The summed E-state index contributed by atoms with van der Waals surface area (Å²) in [6.07, 6.45) is 2.76. The molecule has 0 heterocycles. The van der Waals surface area contributed by atoms with Gasteiger partial charge in [-0.3, -0.25) is 0 Å². The summed E-state index contributed by atoms with van der Waals surface area (Å²) in [6, 6.07) is 4.05. The molecule has 1 aliphatic carbocycles. The van der Waals surface area contributed by atoms with E-state index < -0.39 is 11.7 Å². The molecule has 21 heavy (non-hydrogen) atoms. The molecule has 0 aromatic heterocycles. The first-order valence-electron chi connectivity index (χ1n) is 7.50. The number of hydrogen-bond donors (Lipinski definition) is 1. The third kappa shape index (κ3) is 4.55. The molecule has 2 nitrogen and oxygen atoms in total. The van der Waals surface area contributed by atoms with Gasteiger partial charge < -0.3 is 10.1 Å². The third-order valence-electron chi connectivity index (χ3n) is 4.12. The van der Waals surface area contributed by atoms with Crippen LogP contribution in [0.5, 0.6) is 5.75 Å². The lowest BCUT2D eigenvalue weighted by atomic mass is 9.87. The van der Waals surface area contributed by atoms with Gasteiger partial charge in [-0.05, 0) is 30.5 Å². The van der Waals surface area contributed by atoms with Crippen molar-refractivity contribution in [2.24, 2.45) is 5.92 Å². The van der Waals surface area contributed by atoms with E-state index in [-0.39, 0.29) is 11.4 Å². The van der Waals surface area contributed by atoms with Crippen LogP contribution >= 0.6 is 0 Å². The summed E-state index contributed by atoms with van der Waals surface area (Å²) in [4.78, 5) is 0. The number of hydrogen-bond acceptors (Lipinski definition) is 2. The van der Waals surface area contributed by atoms with Crippen molar-refractivity contribution >= 4 is 5.69 Å². The fourth-order valence-electron chi connectivity index (χ4n) is 2.93. The summed E-state index contributed by atoms with van der Waals surface area (Å²) >= 11 is 0. The van der Waals surface area contributed by atoms with Crippen molar-refractivity contribution in [3.05, 3.63) is 23.8 Å². The molecule has 0 saturated heterocycles. The Morgan fingerprint density at radius 2 is 1.90 bits per heavy atom. The van der Waals surface area contributed by atoms with E-state index in [9.17, 15) is 13.2 Å². The SMILES string of the molecule is COc1ccc(NCCC2CCCCC2)c(C(F)(F)F)c1. The molecule has 0 radical (unpaired) electrons. The quantitative estimate of drug-likeness (QED) is 0.817. The standard InChI is InChI=1S/C16H22F3NO/c1-21-13-7-8-15(14(11-13)16(17,18)19)20-10-9-12-5-3-2-4-6-12/h7-8,11-12,20H,2-6,9-10H2,1H3. The van der Waals surface area contributed by atoms with Crippen LogP contribution in [0.2, 0.25) is 0 Å². The number of halogens is 3. The minimum absolute atomic E-state index is 0.138. The third-order valence-corrected chi connectivity index (χ3v) is 4.12. The van der Waals surface area contributed by atoms with Gasteiger partial charge >= 0.3 is 6.18 Å². The minimum Gasteiger partial charge on any atom is -0.497 e. The van der Waals surface area contributed by atoms with Crippen LogP contribution in [0.25, 0.3) is 0 Å². The van der Waals surface area contributed by atoms with E-state index in [0.717, 1.165) is 12.5 Å². The van der Waals surface area contributed by atoms with E-state index in [1.807, 2.05) is 0 Å². The fraction of sp³-hybridized carbons (Fsp3) is 0.625. The molecule has 1 N–H and O–H groups in total. The van der Waals surface area contributed by atoms with Gasteiger partial charge in [-0.1, -0.05) is 32.1 Å². The molecule has 0 spiro atoms. The van der Waals surface area contributed by atoms with Gasteiger partial charge in [-0.2, -0.15) is 13.2 Å². The highest BCUT2D eigenvalue weighted by molar-refractivity contribution is 5.55. The second kappa shape index (κ2) is 7.05. The van der Waals surface area contributed by atoms with Crippen molar-refractivity contribution in [2.45, 2.75) is 44.7 Å². The highest BCUT2D eigenvalue weighted by Gasteiger charge is 2.34. The first-order chi connectivity index (χ1) is 10.0. The zero-order valence-electron chi connectivity index (χ0n) is 12.3. The van der Waals surface area contributed by atoms with Crippen molar-refractivity contribution in [3.63, 3.8) is 0 Å². The summed E-state index contributed by atoms with van der Waals surface area (Å²) in [6.45, 7) is 0.583. The molecule has 1 aliphatic rings. The Morgan fingerprint density at radius 3 is 2.52 bits per heavy atom. The fourth-order valence-corrected chi connectivity index (χ4v) is 2.93. The molecule has 0 unspecified atom stereocenters. The van der Waals surface area contributed by atoms with Crippen LogP contribution in [0.4, 0.5) is 18.9 Å². The Kier molecular flexibility index (Phi) is 5.37. The van der Waals surface area contributed by atoms with Crippen molar-refractivity contribution in [1.82, 2.24) is 0 Å². The highest BCUT2D eigenvalue weighted by Crippen LogP contribution is 2.37. The molecule has 118 valence electrons. The molecule has 0 amide bonds. The maximum Gasteiger partial charge on any atom is 0.418 e. The summed E-state index contributed by atoms with van der Waals surface area (Å²) in [7, 11) is 1.37. The molecule has 1 aromatic rings. The van der Waals surface area contributed by atoms with E-state index in [0.29, 0.717) is 12.5 Å². The minimum atomic E-state index is -4.37. The lowest BCUT2D eigenvalue weighted by Gasteiger charge is -2.22. The number of nitrogens with one attached hydrogen (secondary N) is 1. The van der Waals surface area contributed by atoms with E-state index in [2.05, 4.69) is 5.32 Å². The van der Waals surface area contributed by atoms with E-state index in [1.54, 1.807) is 6.07 Å². The van der Waals surface area contributed by atoms with Gasteiger partial charge in [-0.15, -0.1) is 0 Å². The van der Waals surface area contributed by atoms with Crippen LogP contribution in [0.1, 0.15) is 44.1 Å². The Labute approximate surface area is 123 Å². The van der Waals surface area contributed by atoms with Crippen molar-refractivity contribution in [2.75, 3.05) is 19.0 Å². The van der Waals surface area contributed by atoms with Gasteiger partial charge in [0.2, 0.25) is 0 Å². The van der Waals surface area contributed by atoms with Gasteiger partial charge in [0.1, 0.15) is 5.75 Å². The van der Waals surface area contributed by atoms with Crippen LogP contribution in [0.15, 0.2) is 18.2 Å². The lowest BCUT2D eigenvalue weighted by Crippen LogP contribution is -2.15. The van der Waals surface area contributed by atoms with E-state index in [1.165, 1.54) is 45.3 Å². The zero-order chi connectivity index (χ0) is 15.3. The maximum absolute atomic E-state index is 13.1. The van der Waals surface area contributed by atoms with Gasteiger partial charge in [0, 0.05) is 12.2 Å². The molecule has 2 rings (SSSR count). The van der Waals surface area contributed by atoms with Gasteiger partial charge in [-0.25, -0.2) is 0 Å². The summed E-state index contributed by atoms with van der Waals surface area (Å²) in [5.74, 6) is 0.874. The second-order valence-corrected chi connectivity index (χ2v) is 5.63. The number of rotatable bonds is 5. The number of alkyl halides is 3. The van der Waals surface area contributed by atoms with Crippen molar-refractivity contribution in [1.29, 1.82) is 0 Å². The summed E-state index contributed by atoms with van der Waals surface area (Å²) < 4.78 is 44.0.